The zero-order valence-corrected chi connectivity index (χ0v) is 16.2. The fourth-order valence-corrected chi connectivity index (χ4v) is 3.75. The van der Waals surface area contributed by atoms with Crippen LogP contribution in [0.2, 0.25) is 0 Å². The molecule has 5 aromatic rings. The van der Waals surface area contributed by atoms with Crippen LogP contribution in [-0.2, 0) is 0 Å². The van der Waals surface area contributed by atoms with E-state index in [1.807, 2.05) is 40.9 Å². The van der Waals surface area contributed by atoms with Crippen molar-refractivity contribution in [1.29, 1.82) is 0 Å². The van der Waals surface area contributed by atoms with Gasteiger partial charge in [0.25, 0.3) is 0 Å². The summed E-state index contributed by atoms with van der Waals surface area (Å²) in [6, 6.07) is 22.2. The maximum Gasteiger partial charge on any atom is 0.356 e. The highest BCUT2D eigenvalue weighted by atomic mass is 16.4. The molecule has 0 aliphatic heterocycles. The maximum atomic E-state index is 11.1. The molecule has 30 heavy (non-hydrogen) atoms. The highest BCUT2D eigenvalue weighted by Gasteiger charge is 2.13. The van der Waals surface area contributed by atoms with E-state index in [1.54, 1.807) is 12.4 Å². The minimum absolute atomic E-state index is 0.00470. The molecule has 0 unspecified atom stereocenters. The first kappa shape index (κ1) is 17.9. The lowest BCUT2D eigenvalue weighted by Crippen LogP contribution is -2.03. The zero-order valence-electron chi connectivity index (χ0n) is 16.2. The van der Waals surface area contributed by atoms with E-state index in [0.717, 1.165) is 16.8 Å². The summed E-state index contributed by atoms with van der Waals surface area (Å²) in [6.07, 6.45) is 5.24. The molecule has 0 fully saturated rings. The van der Waals surface area contributed by atoms with Gasteiger partial charge in [-0.3, -0.25) is 4.40 Å². The third kappa shape index (κ3) is 2.95. The van der Waals surface area contributed by atoms with Crippen LogP contribution in [0.4, 0.5) is 0 Å². The number of hydrogen-bond acceptors (Lipinski definition) is 3. The molecule has 5 rings (SSSR count). The van der Waals surface area contributed by atoms with Gasteiger partial charge in [-0.1, -0.05) is 48.5 Å². The molecule has 3 heterocycles. The van der Waals surface area contributed by atoms with Crippen LogP contribution < -0.4 is 0 Å². The van der Waals surface area contributed by atoms with Gasteiger partial charge < -0.3 is 5.11 Å². The Kier molecular flexibility index (Phi) is 4.17. The molecule has 0 aliphatic carbocycles. The number of fused-ring (bicyclic) bond motifs is 1. The number of aromatic nitrogens is 4. The van der Waals surface area contributed by atoms with Crippen LogP contribution in [0.15, 0.2) is 85.3 Å². The SMILES string of the molecule is Cc1c(-c2ccccc2)cccc1-c1ccn2c(-n3ccc(C(=O)O)n3)cnc2c1. The van der Waals surface area contributed by atoms with Crippen molar-refractivity contribution in [3.8, 4) is 28.1 Å². The number of benzene rings is 2. The molecule has 146 valence electrons. The van der Waals surface area contributed by atoms with Gasteiger partial charge in [-0.2, -0.15) is 5.10 Å². The van der Waals surface area contributed by atoms with E-state index in [4.69, 9.17) is 5.11 Å². The van der Waals surface area contributed by atoms with Crippen molar-refractivity contribution in [1.82, 2.24) is 19.2 Å². The van der Waals surface area contributed by atoms with Crippen molar-refractivity contribution in [3.63, 3.8) is 0 Å². The van der Waals surface area contributed by atoms with Crippen LogP contribution in [0, 0.1) is 6.92 Å². The molecule has 0 atom stereocenters. The smallest absolute Gasteiger partial charge is 0.356 e. The minimum Gasteiger partial charge on any atom is -0.476 e. The van der Waals surface area contributed by atoms with Crippen LogP contribution in [0.25, 0.3) is 33.7 Å². The molecule has 0 spiro atoms. The van der Waals surface area contributed by atoms with Crippen molar-refractivity contribution >= 4 is 11.6 Å². The van der Waals surface area contributed by atoms with Crippen LogP contribution in [-0.4, -0.2) is 30.2 Å². The first-order valence-corrected chi connectivity index (χ1v) is 9.54. The molecule has 0 radical (unpaired) electrons. The van der Waals surface area contributed by atoms with Gasteiger partial charge in [-0.15, -0.1) is 0 Å². The van der Waals surface area contributed by atoms with Crippen LogP contribution in [0.5, 0.6) is 0 Å². The number of rotatable bonds is 4. The van der Waals surface area contributed by atoms with E-state index in [-0.39, 0.29) is 5.69 Å². The standard InChI is InChI=1S/C24H18N4O2/c1-16-19(17-6-3-2-4-7-17)8-5-9-20(16)18-10-12-27-22(14-18)25-15-23(27)28-13-11-21(26-28)24(29)30/h2-15H,1H3,(H,29,30). The Labute approximate surface area is 172 Å². The quantitative estimate of drug-likeness (QED) is 0.472. The Bertz CT molecular complexity index is 1380. The highest BCUT2D eigenvalue weighted by Crippen LogP contribution is 2.32. The molecule has 0 saturated carbocycles. The third-order valence-electron chi connectivity index (χ3n) is 5.27. The largest absolute Gasteiger partial charge is 0.476 e. The number of carboxylic acid groups (broad SMARTS) is 1. The lowest BCUT2D eigenvalue weighted by atomic mass is 9.93. The van der Waals surface area contributed by atoms with E-state index < -0.39 is 5.97 Å². The average Bonchev–Trinajstić information content (AvgIpc) is 3.41. The van der Waals surface area contributed by atoms with Gasteiger partial charge >= 0.3 is 5.97 Å². The van der Waals surface area contributed by atoms with Crippen molar-refractivity contribution in [2.24, 2.45) is 0 Å². The fraction of sp³-hybridized carbons (Fsp3) is 0.0417. The Morgan fingerprint density at radius 3 is 2.40 bits per heavy atom. The second-order valence-corrected chi connectivity index (χ2v) is 7.05. The Morgan fingerprint density at radius 1 is 0.900 bits per heavy atom. The lowest BCUT2D eigenvalue weighted by Gasteiger charge is -2.12. The molecule has 0 saturated heterocycles. The molecular weight excluding hydrogens is 376 g/mol. The molecule has 2 aromatic carbocycles. The summed E-state index contributed by atoms with van der Waals surface area (Å²) in [7, 11) is 0. The summed E-state index contributed by atoms with van der Waals surface area (Å²) >= 11 is 0. The molecule has 0 bridgehead atoms. The monoisotopic (exact) mass is 394 g/mol. The predicted molar refractivity (Wildman–Crippen MR) is 115 cm³/mol. The number of nitrogens with zero attached hydrogens (tertiary/aromatic N) is 4. The maximum absolute atomic E-state index is 11.1. The normalized spacial score (nSPS) is 11.1. The summed E-state index contributed by atoms with van der Waals surface area (Å²) < 4.78 is 3.41. The van der Waals surface area contributed by atoms with Gasteiger partial charge in [-0.25, -0.2) is 14.5 Å². The van der Waals surface area contributed by atoms with Gasteiger partial charge in [0, 0.05) is 12.4 Å². The van der Waals surface area contributed by atoms with Crippen molar-refractivity contribution in [2.45, 2.75) is 6.92 Å². The van der Waals surface area contributed by atoms with E-state index in [2.05, 4.69) is 47.3 Å². The van der Waals surface area contributed by atoms with Gasteiger partial charge in [0.1, 0.15) is 5.65 Å². The second kappa shape index (κ2) is 7.00. The predicted octanol–water partition coefficient (Wildman–Crippen LogP) is 4.86. The molecule has 3 aromatic heterocycles. The minimum atomic E-state index is -1.06. The van der Waals surface area contributed by atoms with Gasteiger partial charge in [-0.05, 0) is 52.9 Å². The summed E-state index contributed by atoms with van der Waals surface area (Å²) in [5.74, 6) is -0.377. The number of carbonyl (C=O) groups is 1. The fourth-order valence-electron chi connectivity index (χ4n) is 3.75. The molecule has 6 heteroatoms. The Hall–Kier alpha value is -4.19. The third-order valence-corrected chi connectivity index (χ3v) is 5.27. The van der Waals surface area contributed by atoms with E-state index in [9.17, 15) is 4.79 Å². The first-order valence-electron chi connectivity index (χ1n) is 9.54. The first-order chi connectivity index (χ1) is 14.6. The average molecular weight is 394 g/mol. The molecule has 0 amide bonds. The number of imidazole rings is 1. The van der Waals surface area contributed by atoms with Crippen molar-refractivity contribution < 1.29 is 9.90 Å². The second-order valence-electron chi connectivity index (χ2n) is 7.05. The van der Waals surface area contributed by atoms with E-state index >= 15 is 0 Å². The van der Waals surface area contributed by atoms with Gasteiger partial charge in [0.2, 0.25) is 0 Å². The van der Waals surface area contributed by atoms with Crippen LogP contribution in [0.1, 0.15) is 16.1 Å². The summed E-state index contributed by atoms with van der Waals surface area (Å²) in [4.78, 5) is 15.6. The number of carboxylic acids is 1. The molecule has 1 N–H and O–H groups in total. The number of pyridine rings is 1. The number of aromatic carboxylic acids is 1. The molecular formula is C24H18N4O2. The summed E-state index contributed by atoms with van der Waals surface area (Å²) in [5.41, 5.74) is 6.58. The van der Waals surface area contributed by atoms with Crippen LogP contribution in [0.3, 0.4) is 0 Å². The molecule has 6 nitrogen and oxygen atoms in total. The van der Waals surface area contributed by atoms with Crippen LogP contribution >= 0.6 is 0 Å². The van der Waals surface area contributed by atoms with Crippen molar-refractivity contribution in [2.75, 3.05) is 0 Å². The highest BCUT2D eigenvalue weighted by molar-refractivity contribution is 5.85. The molecule has 0 aliphatic rings. The van der Waals surface area contributed by atoms with Gasteiger partial charge in [0.05, 0.1) is 6.20 Å². The van der Waals surface area contributed by atoms with E-state index in [0.29, 0.717) is 5.82 Å². The summed E-state index contributed by atoms with van der Waals surface area (Å²) in [5, 5.41) is 13.2. The number of hydrogen-bond donors (Lipinski definition) is 1. The topological polar surface area (TPSA) is 72.4 Å². The Morgan fingerprint density at radius 2 is 1.67 bits per heavy atom. The van der Waals surface area contributed by atoms with Gasteiger partial charge in [0.15, 0.2) is 11.5 Å². The Balaban J connectivity index is 1.58. The zero-order chi connectivity index (χ0) is 20.7. The summed E-state index contributed by atoms with van der Waals surface area (Å²) in [6.45, 7) is 2.13. The lowest BCUT2D eigenvalue weighted by molar-refractivity contribution is 0.0690. The van der Waals surface area contributed by atoms with E-state index in [1.165, 1.54) is 27.4 Å². The van der Waals surface area contributed by atoms with Crippen molar-refractivity contribution in [3.05, 3.63) is 96.6 Å².